The molecule has 0 aliphatic heterocycles. The predicted octanol–water partition coefficient (Wildman–Crippen LogP) is 2.44. The number of nitrogens with zero attached hydrogens (tertiary/aromatic N) is 3. The molecule has 0 amide bonds. The highest BCUT2D eigenvalue weighted by atomic mass is 79.9. The molecule has 4 nitrogen and oxygen atoms in total. The summed E-state index contributed by atoms with van der Waals surface area (Å²) in [4.78, 5) is 10.6. The van der Waals surface area contributed by atoms with Crippen molar-refractivity contribution < 1.29 is 4.74 Å². The number of ether oxygens (including phenoxy) is 1. The average molecular weight is 306 g/mol. The maximum absolute atomic E-state index is 5.15. The molecule has 0 radical (unpaired) electrons. The molecule has 0 fully saturated rings. The van der Waals surface area contributed by atoms with Crippen molar-refractivity contribution in [2.24, 2.45) is 0 Å². The van der Waals surface area contributed by atoms with Gasteiger partial charge in [-0.2, -0.15) is 16.7 Å². The lowest BCUT2D eigenvalue weighted by Gasteiger charge is -2.24. The Balaban J connectivity index is 2.87. The van der Waals surface area contributed by atoms with Crippen LogP contribution < -0.4 is 9.64 Å². The molecule has 6 heteroatoms. The van der Waals surface area contributed by atoms with Gasteiger partial charge in [-0.3, -0.25) is 0 Å². The van der Waals surface area contributed by atoms with Crippen molar-refractivity contribution in [3.63, 3.8) is 0 Å². The molecular formula is C10H16BrN3OS. The van der Waals surface area contributed by atoms with E-state index < -0.39 is 0 Å². The molecular weight excluding hydrogens is 290 g/mol. The fraction of sp³-hybridized carbons (Fsp3) is 0.600. The minimum Gasteiger partial charge on any atom is -0.480 e. The fourth-order valence-electron chi connectivity index (χ4n) is 1.21. The summed E-state index contributed by atoms with van der Waals surface area (Å²) < 4.78 is 5.91. The number of rotatable bonds is 5. The summed E-state index contributed by atoms with van der Waals surface area (Å²) in [6, 6.07) is 0.390. The SMILES string of the molecule is COc1nc(N(C)C(C)CSC)ncc1Br. The van der Waals surface area contributed by atoms with Crippen molar-refractivity contribution in [3.8, 4) is 5.88 Å². The van der Waals surface area contributed by atoms with Crippen LogP contribution in [0, 0.1) is 0 Å². The van der Waals surface area contributed by atoms with Crippen LogP contribution in [0.2, 0.25) is 0 Å². The summed E-state index contributed by atoms with van der Waals surface area (Å²) in [6.07, 6.45) is 3.80. The summed E-state index contributed by atoms with van der Waals surface area (Å²) in [5.74, 6) is 2.29. The lowest BCUT2D eigenvalue weighted by Crippen LogP contribution is -2.32. The van der Waals surface area contributed by atoms with Crippen LogP contribution in [-0.4, -0.2) is 42.2 Å². The first kappa shape index (κ1) is 13.6. The van der Waals surface area contributed by atoms with Crippen LogP contribution in [0.3, 0.4) is 0 Å². The third kappa shape index (κ3) is 3.25. The second-order valence-electron chi connectivity index (χ2n) is 3.44. The Bertz CT molecular complexity index is 351. The molecule has 0 N–H and O–H groups in total. The first-order chi connectivity index (χ1) is 7.60. The van der Waals surface area contributed by atoms with Crippen LogP contribution in [0.1, 0.15) is 6.92 Å². The highest BCUT2D eigenvalue weighted by Gasteiger charge is 2.14. The van der Waals surface area contributed by atoms with Gasteiger partial charge in [0, 0.05) is 18.8 Å². The van der Waals surface area contributed by atoms with Crippen LogP contribution in [0.15, 0.2) is 10.7 Å². The molecule has 1 aromatic rings. The molecule has 1 atom stereocenters. The second kappa shape index (κ2) is 6.30. The molecule has 0 aliphatic rings. The van der Waals surface area contributed by atoms with Gasteiger partial charge in [-0.05, 0) is 29.1 Å². The summed E-state index contributed by atoms with van der Waals surface area (Å²) in [5, 5.41) is 0. The number of aromatic nitrogens is 2. The third-order valence-corrected chi connectivity index (χ3v) is 3.64. The van der Waals surface area contributed by atoms with Gasteiger partial charge < -0.3 is 9.64 Å². The Kier molecular flexibility index (Phi) is 5.34. The highest BCUT2D eigenvalue weighted by Crippen LogP contribution is 2.23. The van der Waals surface area contributed by atoms with E-state index in [2.05, 4.69) is 39.1 Å². The number of hydrogen-bond donors (Lipinski definition) is 0. The summed E-state index contributed by atoms with van der Waals surface area (Å²) >= 11 is 5.14. The van der Waals surface area contributed by atoms with E-state index in [1.54, 1.807) is 13.3 Å². The number of thioether (sulfide) groups is 1. The Morgan fingerprint density at radius 2 is 2.31 bits per heavy atom. The Morgan fingerprint density at radius 1 is 1.62 bits per heavy atom. The van der Waals surface area contributed by atoms with Gasteiger partial charge in [0.25, 0.3) is 0 Å². The molecule has 1 rings (SSSR count). The van der Waals surface area contributed by atoms with Gasteiger partial charge in [-0.15, -0.1) is 0 Å². The molecule has 0 aliphatic carbocycles. The summed E-state index contributed by atoms with van der Waals surface area (Å²) in [7, 11) is 3.59. The normalized spacial score (nSPS) is 12.3. The van der Waals surface area contributed by atoms with E-state index >= 15 is 0 Å². The van der Waals surface area contributed by atoms with E-state index in [0.29, 0.717) is 17.9 Å². The zero-order chi connectivity index (χ0) is 12.1. The summed E-state index contributed by atoms with van der Waals surface area (Å²) in [5.41, 5.74) is 0. The number of hydrogen-bond acceptors (Lipinski definition) is 5. The molecule has 0 saturated heterocycles. The zero-order valence-electron chi connectivity index (χ0n) is 9.90. The molecule has 90 valence electrons. The Hall–Kier alpha value is -0.490. The van der Waals surface area contributed by atoms with Crippen LogP contribution >= 0.6 is 27.7 Å². The van der Waals surface area contributed by atoms with Gasteiger partial charge in [0.15, 0.2) is 0 Å². The maximum atomic E-state index is 5.15. The van der Waals surface area contributed by atoms with Crippen LogP contribution in [0.25, 0.3) is 0 Å². The number of halogens is 1. The molecule has 0 saturated carbocycles. The summed E-state index contributed by atoms with van der Waals surface area (Å²) in [6.45, 7) is 2.15. The molecule has 0 bridgehead atoms. The molecule has 1 heterocycles. The van der Waals surface area contributed by atoms with Crippen molar-refractivity contribution in [2.45, 2.75) is 13.0 Å². The van der Waals surface area contributed by atoms with Crippen molar-refractivity contribution in [1.82, 2.24) is 9.97 Å². The minimum atomic E-state index is 0.390. The lowest BCUT2D eigenvalue weighted by molar-refractivity contribution is 0.393. The fourth-order valence-corrected chi connectivity index (χ4v) is 2.26. The molecule has 0 spiro atoms. The van der Waals surface area contributed by atoms with Gasteiger partial charge in [-0.1, -0.05) is 0 Å². The van der Waals surface area contributed by atoms with Gasteiger partial charge in [0.2, 0.25) is 11.8 Å². The first-order valence-corrected chi connectivity index (χ1v) is 7.07. The topological polar surface area (TPSA) is 38.2 Å². The van der Waals surface area contributed by atoms with Gasteiger partial charge in [-0.25, -0.2) is 4.98 Å². The third-order valence-electron chi connectivity index (χ3n) is 2.28. The van der Waals surface area contributed by atoms with E-state index in [1.165, 1.54) is 0 Å². The Labute approximate surface area is 109 Å². The van der Waals surface area contributed by atoms with Crippen LogP contribution in [0.4, 0.5) is 5.95 Å². The second-order valence-corrected chi connectivity index (χ2v) is 5.21. The highest BCUT2D eigenvalue weighted by molar-refractivity contribution is 9.10. The van der Waals surface area contributed by atoms with E-state index in [9.17, 15) is 0 Å². The van der Waals surface area contributed by atoms with E-state index in [1.807, 2.05) is 23.7 Å². The monoisotopic (exact) mass is 305 g/mol. The number of anilines is 1. The van der Waals surface area contributed by atoms with Crippen molar-refractivity contribution in [3.05, 3.63) is 10.7 Å². The van der Waals surface area contributed by atoms with E-state index in [4.69, 9.17) is 4.74 Å². The van der Waals surface area contributed by atoms with Gasteiger partial charge in [0.05, 0.1) is 17.8 Å². The van der Waals surface area contributed by atoms with Crippen LogP contribution in [-0.2, 0) is 0 Å². The zero-order valence-corrected chi connectivity index (χ0v) is 12.3. The number of methoxy groups -OCH3 is 1. The van der Waals surface area contributed by atoms with E-state index in [-0.39, 0.29) is 0 Å². The largest absolute Gasteiger partial charge is 0.480 e. The average Bonchev–Trinajstić information content (AvgIpc) is 2.29. The van der Waals surface area contributed by atoms with Gasteiger partial charge in [0.1, 0.15) is 0 Å². The molecule has 1 unspecified atom stereocenters. The maximum Gasteiger partial charge on any atom is 0.232 e. The van der Waals surface area contributed by atoms with Crippen LogP contribution in [0.5, 0.6) is 5.88 Å². The molecule has 0 aromatic carbocycles. The first-order valence-electron chi connectivity index (χ1n) is 4.88. The molecule has 1 aromatic heterocycles. The lowest BCUT2D eigenvalue weighted by atomic mass is 10.3. The Morgan fingerprint density at radius 3 is 2.88 bits per heavy atom. The van der Waals surface area contributed by atoms with Gasteiger partial charge >= 0.3 is 0 Å². The quantitative estimate of drug-likeness (QED) is 0.835. The minimum absolute atomic E-state index is 0.390. The van der Waals surface area contributed by atoms with Crippen molar-refractivity contribution in [1.29, 1.82) is 0 Å². The predicted molar refractivity (Wildman–Crippen MR) is 72.5 cm³/mol. The van der Waals surface area contributed by atoms with Crippen molar-refractivity contribution in [2.75, 3.05) is 31.1 Å². The van der Waals surface area contributed by atoms with E-state index in [0.717, 1.165) is 10.2 Å². The molecule has 16 heavy (non-hydrogen) atoms. The standard InChI is InChI=1S/C10H16BrN3OS/c1-7(6-16-4)14(2)10-12-5-8(11)9(13-10)15-3/h5,7H,6H2,1-4H3. The smallest absolute Gasteiger partial charge is 0.232 e. The van der Waals surface area contributed by atoms with Crippen molar-refractivity contribution >= 4 is 33.6 Å².